The van der Waals surface area contributed by atoms with E-state index in [1.165, 1.54) is 12.8 Å². The standard InChI is InChI=1S/C30H56N6O/c1-27(2)35(6)24-15-9-12-21-32-28(3)17-18-30(37)36(7)25-16-10-13-22-33-29(4)19-26-34(5)23-14-8-11-20-31/h9-10,13,15,32-33H,1,3-4,8,11-12,14,16-26,31H2,2,5-7H3/b13-10+,15-9+. The summed E-state index contributed by atoms with van der Waals surface area (Å²) in [6.45, 7) is 20.2. The lowest BCUT2D eigenvalue weighted by atomic mass is 10.2. The maximum atomic E-state index is 12.4. The molecule has 0 atom stereocenters. The van der Waals surface area contributed by atoms with Crippen LogP contribution in [0.2, 0.25) is 0 Å². The first-order valence-electron chi connectivity index (χ1n) is 13.8. The first kappa shape index (κ1) is 34.5. The zero-order valence-corrected chi connectivity index (χ0v) is 24.4. The molecule has 0 saturated heterocycles. The predicted octanol–water partition coefficient (Wildman–Crippen LogP) is 4.24. The van der Waals surface area contributed by atoms with E-state index in [0.717, 1.165) is 82.0 Å². The summed E-state index contributed by atoms with van der Waals surface area (Å²) in [6.07, 6.45) is 15.9. The topological polar surface area (TPSA) is 76.9 Å². The molecule has 0 saturated carbocycles. The van der Waals surface area contributed by atoms with E-state index in [0.29, 0.717) is 19.4 Å². The van der Waals surface area contributed by atoms with Crippen molar-refractivity contribution in [3.63, 3.8) is 0 Å². The predicted molar refractivity (Wildman–Crippen MR) is 161 cm³/mol. The summed E-state index contributed by atoms with van der Waals surface area (Å²) in [6, 6.07) is 0. The molecule has 0 aliphatic carbocycles. The molecule has 0 spiro atoms. The minimum atomic E-state index is 0.151. The van der Waals surface area contributed by atoms with Crippen LogP contribution < -0.4 is 16.4 Å². The highest BCUT2D eigenvalue weighted by Gasteiger charge is 2.08. The van der Waals surface area contributed by atoms with E-state index in [9.17, 15) is 4.79 Å². The number of amides is 1. The van der Waals surface area contributed by atoms with E-state index >= 15 is 0 Å². The molecule has 37 heavy (non-hydrogen) atoms. The largest absolute Gasteiger partial charge is 0.388 e. The van der Waals surface area contributed by atoms with E-state index in [1.807, 2.05) is 21.0 Å². The van der Waals surface area contributed by atoms with Crippen molar-refractivity contribution in [1.82, 2.24) is 25.3 Å². The van der Waals surface area contributed by atoms with Crippen LogP contribution in [-0.4, -0.2) is 87.6 Å². The van der Waals surface area contributed by atoms with Crippen LogP contribution in [0.4, 0.5) is 0 Å². The Hall–Kier alpha value is -2.51. The van der Waals surface area contributed by atoms with Crippen LogP contribution in [0.15, 0.2) is 61.1 Å². The molecule has 7 nitrogen and oxygen atoms in total. The molecule has 0 aromatic heterocycles. The second kappa shape index (κ2) is 22.7. The lowest BCUT2D eigenvalue weighted by Crippen LogP contribution is -2.28. The van der Waals surface area contributed by atoms with Crippen LogP contribution in [-0.2, 0) is 4.79 Å². The molecule has 0 rings (SSSR count). The zero-order valence-electron chi connectivity index (χ0n) is 24.4. The normalized spacial score (nSPS) is 11.3. The van der Waals surface area contributed by atoms with Gasteiger partial charge >= 0.3 is 0 Å². The van der Waals surface area contributed by atoms with Gasteiger partial charge in [-0.05, 0) is 65.6 Å². The number of carbonyl (C=O) groups is 1. The first-order valence-corrected chi connectivity index (χ1v) is 13.8. The van der Waals surface area contributed by atoms with Gasteiger partial charge in [0, 0.05) is 70.3 Å². The molecule has 4 N–H and O–H groups in total. The molecule has 0 aliphatic heterocycles. The van der Waals surface area contributed by atoms with E-state index in [-0.39, 0.29) is 5.91 Å². The zero-order chi connectivity index (χ0) is 27.9. The van der Waals surface area contributed by atoms with Crippen molar-refractivity contribution in [2.45, 2.75) is 58.3 Å². The number of rotatable bonds is 24. The molecular formula is C30H56N6O. The number of nitrogens with one attached hydrogen (secondary N) is 2. The van der Waals surface area contributed by atoms with Crippen molar-refractivity contribution in [1.29, 1.82) is 0 Å². The molecule has 0 heterocycles. The van der Waals surface area contributed by atoms with Crippen molar-refractivity contribution in [2.24, 2.45) is 5.73 Å². The summed E-state index contributed by atoms with van der Waals surface area (Å²) in [5.41, 5.74) is 8.57. The van der Waals surface area contributed by atoms with Gasteiger partial charge in [-0.1, -0.05) is 50.5 Å². The molecule has 0 bridgehead atoms. The Balaban J connectivity index is 3.83. The summed E-state index contributed by atoms with van der Waals surface area (Å²) in [5, 5.41) is 6.68. The summed E-state index contributed by atoms with van der Waals surface area (Å²) in [5.74, 6) is 0.151. The van der Waals surface area contributed by atoms with E-state index in [1.54, 1.807) is 4.90 Å². The molecule has 212 valence electrons. The Labute approximate surface area is 228 Å². The van der Waals surface area contributed by atoms with Gasteiger partial charge in [-0.3, -0.25) is 4.79 Å². The molecule has 0 aromatic carbocycles. The number of nitrogens with two attached hydrogens (primary N) is 1. The number of allylic oxidation sites excluding steroid dienone is 2. The van der Waals surface area contributed by atoms with Gasteiger partial charge in [-0.25, -0.2) is 0 Å². The third-order valence-corrected chi connectivity index (χ3v) is 6.26. The van der Waals surface area contributed by atoms with Crippen LogP contribution in [0.3, 0.4) is 0 Å². The van der Waals surface area contributed by atoms with Gasteiger partial charge in [0.25, 0.3) is 0 Å². The van der Waals surface area contributed by atoms with Crippen LogP contribution in [0.1, 0.15) is 58.3 Å². The number of carbonyl (C=O) groups excluding carboxylic acids is 1. The Morgan fingerprint density at radius 2 is 1.49 bits per heavy atom. The van der Waals surface area contributed by atoms with Crippen molar-refractivity contribution in [3.05, 3.63) is 61.1 Å². The molecular weight excluding hydrogens is 460 g/mol. The number of hydrogen-bond donors (Lipinski definition) is 3. The molecule has 1 amide bonds. The fourth-order valence-electron chi connectivity index (χ4n) is 3.40. The number of hydrogen-bond acceptors (Lipinski definition) is 6. The fourth-order valence-corrected chi connectivity index (χ4v) is 3.40. The second-order valence-electron chi connectivity index (χ2n) is 9.87. The van der Waals surface area contributed by atoms with Crippen LogP contribution in [0.5, 0.6) is 0 Å². The molecule has 7 heteroatoms. The average molecular weight is 517 g/mol. The third-order valence-electron chi connectivity index (χ3n) is 6.26. The van der Waals surface area contributed by atoms with Gasteiger partial charge in [0.2, 0.25) is 5.91 Å². The van der Waals surface area contributed by atoms with Gasteiger partial charge in [0.1, 0.15) is 0 Å². The van der Waals surface area contributed by atoms with Crippen LogP contribution in [0, 0.1) is 0 Å². The summed E-state index contributed by atoms with van der Waals surface area (Å²) >= 11 is 0. The quantitative estimate of drug-likeness (QED) is 0.132. The maximum absolute atomic E-state index is 12.4. The maximum Gasteiger partial charge on any atom is 0.222 e. The molecule has 0 aliphatic rings. The van der Waals surface area contributed by atoms with Crippen molar-refractivity contribution in [2.75, 3.05) is 67.0 Å². The highest BCUT2D eigenvalue weighted by molar-refractivity contribution is 5.76. The summed E-state index contributed by atoms with van der Waals surface area (Å²) in [4.78, 5) is 18.6. The molecule has 0 unspecified atom stereocenters. The Morgan fingerprint density at radius 1 is 0.784 bits per heavy atom. The minimum Gasteiger partial charge on any atom is -0.388 e. The van der Waals surface area contributed by atoms with E-state index in [2.05, 4.69) is 71.5 Å². The van der Waals surface area contributed by atoms with Crippen LogP contribution >= 0.6 is 0 Å². The van der Waals surface area contributed by atoms with E-state index in [4.69, 9.17) is 5.73 Å². The Kier molecular flexibility index (Phi) is 21.1. The van der Waals surface area contributed by atoms with Crippen molar-refractivity contribution in [3.8, 4) is 0 Å². The number of nitrogens with zero attached hydrogens (tertiary/aromatic N) is 3. The number of likely N-dealkylation sites (N-methyl/N-ethyl adjacent to an activating group) is 1. The lowest BCUT2D eigenvalue weighted by molar-refractivity contribution is -0.129. The van der Waals surface area contributed by atoms with Crippen molar-refractivity contribution >= 4 is 5.91 Å². The van der Waals surface area contributed by atoms with Gasteiger partial charge < -0.3 is 31.1 Å². The molecule has 0 aromatic rings. The minimum absolute atomic E-state index is 0.151. The van der Waals surface area contributed by atoms with Crippen LogP contribution in [0.25, 0.3) is 0 Å². The molecule has 0 fully saturated rings. The Bertz CT molecular complexity index is 715. The smallest absolute Gasteiger partial charge is 0.222 e. The second-order valence-corrected chi connectivity index (χ2v) is 9.87. The monoisotopic (exact) mass is 516 g/mol. The van der Waals surface area contributed by atoms with E-state index < -0.39 is 0 Å². The first-order chi connectivity index (χ1) is 17.7. The highest BCUT2D eigenvalue weighted by atomic mass is 16.2. The summed E-state index contributed by atoms with van der Waals surface area (Å²) in [7, 11) is 6.05. The van der Waals surface area contributed by atoms with Gasteiger partial charge in [0.05, 0.1) is 0 Å². The van der Waals surface area contributed by atoms with Gasteiger partial charge in [0.15, 0.2) is 0 Å². The van der Waals surface area contributed by atoms with Gasteiger partial charge in [-0.2, -0.15) is 0 Å². The third kappa shape index (κ3) is 21.3. The molecule has 0 radical (unpaired) electrons. The highest BCUT2D eigenvalue weighted by Crippen LogP contribution is 2.04. The average Bonchev–Trinajstić information content (AvgIpc) is 2.87. The summed E-state index contributed by atoms with van der Waals surface area (Å²) < 4.78 is 0. The SMILES string of the molecule is C=C(CCN(C)CCCCCN)NC/C=C/CCN(C)C(=O)CCC(=C)NCC/C=C/CN(C)C(=C)C. The number of unbranched alkanes of at least 4 members (excludes halogenated alkanes) is 2. The fraction of sp³-hybridized carbons (Fsp3) is 0.633. The van der Waals surface area contributed by atoms with Gasteiger partial charge in [-0.15, -0.1) is 0 Å². The Morgan fingerprint density at radius 3 is 2.19 bits per heavy atom. The van der Waals surface area contributed by atoms with Crippen molar-refractivity contribution < 1.29 is 4.79 Å². The lowest BCUT2D eigenvalue weighted by Gasteiger charge is -2.17.